The number of benzene rings is 1. The van der Waals surface area contributed by atoms with Gasteiger partial charge < -0.3 is 0 Å². The summed E-state index contributed by atoms with van der Waals surface area (Å²) in [5.41, 5.74) is 2.93. The van der Waals surface area contributed by atoms with Crippen molar-refractivity contribution in [1.29, 1.82) is 0 Å². The number of nitrogens with two attached hydrogens (primary N) is 1. The van der Waals surface area contributed by atoms with Gasteiger partial charge in [-0.3, -0.25) is 16.3 Å². The number of rotatable bonds is 4. The van der Waals surface area contributed by atoms with Gasteiger partial charge in [0.2, 0.25) is 0 Å². The lowest BCUT2D eigenvalue weighted by molar-refractivity contribution is 0.485. The maximum absolute atomic E-state index is 13.6. The molecular formula is C13H12ClF2N3. The molecule has 0 aliphatic rings. The summed E-state index contributed by atoms with van der Waals surface area (Å²) >= 11 is 5.81. The number of aromatic nitrogens is 1. The van der Waals surface area contributed by atoms with E-state index < -0.39 is 17.7 Å². The van der Waals surface area contributed by atoms with Crippen molar-refractivity contribution in [3.8, 4) is 0 Å². The molecule has 0 saturated carbocycles. The molecule has 0 saturated heterocycles. The molecule has 3 N–H and O–H groups in total. The third-order valence-electron chi connectivity index (χ3n) is 2.75. The Morgan fingerprint density at radius 1 is 1.26 bits per heavy atom. The molecule has 0 aliphatic carbocycles. The molecule has 6 heteroatoms. The number of hydrazine groups is 1. The van der Waals surface area contributed by atoms with Crippen LogP contribution in [-0.4, -0.2) is 4.98 Å². The smallest absolute Gasteiger partial charge is 0.146 e. The maximum Gasteiger partial charge on any atom is 0.146 e. The van der Waals surface area contributed by atoms with Crippen molar-refractivity contribution >= 4 is 11.6 Å². The van der Waals surface area contributed by atoms with Crippen LogP contribution in [0.15, 0.2) is 36.5 Å². The molecule has 3 nitrogen and oxygen atoms in total. The highest BCUT2D eigenvalue weighted by Crippen LogP contribution is 2.22. The fourth-order valence-corrected chi connectivity index (χ4v) is 2.00. The summed E-state index contributed by atoms with van der Waals surface area (Å²) in [4.78, 5) is 3.92. The third-order valence-corrected chi connectivity index (χ3v) is 2.99. The van der Waals surface area contributed by atoms with Gasteiger partial charge in [-0.25, -0.2) is 8.78 Å². The average molecular weight is 284 g/mol. The first-order valence-electron chi connectivity index (χ1n) is 5.62. The summed E-state index contributed by atoms with van der Waals surface area (Å²) in [6, 6.07) is 6.33. The zero-order valence-corrected chi connectivity index (χ0v) is 10.7. The van der Waals surface area contributed by atoms with Gasteiger partial charge in [-0.15, -0.1) is 0 Å². The molecule has 0 bridgehead atoms. The van der Waals surface area contributed by atoms with Crippen molar-refractivity contribution in [1.82, 2.24) is 10.4 Å². The number of halogens is 3. The SMILES string of the molecule is NNC(Cc1cc(Cl)ccc1F)c1ncccc1F. The maximum atomic E-state index is 13.6. The molecule has 2 aromatic rings. The predicted octanol–water partition coefficient (Wildman–Crippen LogP) is 2.76. The fourth-order valence-electron chi connectivity index (χ4n) is 1.81. The van der Waals surface area contributed by atoms with E-state index in [4.69, 9.17) is 17.4 Å². The van der Waals surface area contributed by atoms with Crippen LogP contribution in [0, 0.1) is 11.6 Å². The van der Waals surface area contributed by atoms with E-state index in [1.165, 1.54) is 36.5 Å². The Labute approximate surface area is 114 Å². The number of hydrogen-bond acceptors (Lipinski definition) is 3. The van der Waals surface area contributed by atoms with Crippen LogP contribution < -0.4 is 11.3 Å². The minimum Gasteiger partial charge on any atom is -0.271 e. The van der Waals surface area contributed by atoms with Gasteiger partial charge in [0.15, 0.2) is 0 Å². The van der Waals surface area contributed by atoms with Crippen molar-refractivity contribution in [2.75, 3.05) is 0 Å². The summed E-state index contributed by atoms with van der Waals surface area (Å²) < 4.78 is 27.3. The van der Waals surface area contributed by atoms with Crippen LogP contribution >= 0.6 is 11.6 Å². The standard InChI is InChI=1S/C13H12ClF2N3/c14-9-3-4-10(15)8(6-9)7-12(19-17)13-11(16)2-1-5-18-13/h1-6,12,19H,7,17H2. The highest BCUT2D eigenvalue weighted by molar-refractivity contribution is 6.30. The minimum absolute atomic E-state index is 0.143. The molecule has 0 spiro atoms. The fraction of sp³-hybridized carbons (Fsp3) is 0.154. The van der Waals surface area contributed by atoms with Crippen molar-refractivity contribution in [3.05, 3.63) is 64.4 Å². The minimum atomic E-state index is -0.630. The second-order valence-electron chi connectivity index (χ2n) is 4.03. The van der Waals surface area contributed by atoms with Crippen LogP contribution in [0.4, 0.5) is 8.78 Å². The first-order valence-corrected chi connectivity index (χ1v) is 6.00. The zero-order chi connectivity index (χ0) is 13.8. The normalized spacial score (nSPS) is 12.4. The molecule has 1 unspecified atom stereocenters. The van der Waals surface area contributed by atoms with Crippen LogP contribution in [0.25, 0.3) is 0 Å². The van der Waals surface area contributed by atoms with Gasteiger partial charge >= 0.3 is 0 Å². The summed E-state index contributed by atoms with van der Waals surface area (Å²) in [5.74, 6) is 4.49. The topological polar surface area (TPSA) is 50.9 Å². The molecular weight excluding hydrogens is 272 g/mol. The Bertz CT molecular complexity index is 578. The van der Waals surface area contributed by atoms with Gasteiger partial charge in [0.25, 0.3) is 0 Å². The van der Waals surface area contributed by atoms with Crippen molar-refractivity contribution in [2.45, 2.75) is 12.5 Å². The predicted molar refractivity (Wildman–Crippen MR) is 69.4 cm³/mol. The largest absolute Gasteiger partial charge is 0.271 e. The van der Waals surface area contributed by atoms with E-state index in [1.807, 2.05) is 0 Å². The van der Waals surface area contributed by atoms with Crippen LogP contribution in [0.1, 0.15) is 17.3 Å². The van der Waals surface area contributed by atoms with E-state index in [1.54, 1.807) is 0 Å². The molecule has 0 radical (unpaired) electrons. The Hall–Kier alpha value is -1.56. The van der Waals surface area contributed by atoms with Crippen LogP contribution in [-0.2, 0) is 6.42 Å². The molecule has 1 atom stereocenters. The molecule has 1 heterocycles. The third kappa shape index (κ3) is 3.26. The Morgan fingerprint density at radius 3 is 2.74 bits per heavy atom. The highest BCUT2D eigenvalue weighted by atomic mass is 35.5. The van der Waals surface area contributed by atoms with Gasteiger partial charge in [0.1, 0.15) is 11.6 Å². The van der Waals surface area contributed by atoms with Gasteiger partial charge in [-0.2, -0.15) is 0 Å². The van der Waals surface area contributed by atoms with E-state index in [0.29, 0.717) is 10.6 Å². The van der Waals surface area contributed by atoms with E-state index in [0.717, 1.165) is 0 Å². The van der Waals surface area contributed by atoms with Crippen molar-refractivity contribution < 1.29 is 8.78 Å². The Kier molecular flexibility index (Phi) is 4.42. The van der Waals surface area contributed by atoms with Crippen LogP contribution in [0.2, 0.25) is 5.02 Å². The lowest BCUT2D eigenvalue weighted by atomic mass is 10.0. The molecule has 1 aromatic heterocycles. The molecule has 1 aromatic carbocycles. The lowest BCUT2D eigenvalue weighted by Crippen LogP contribution is -2.31. The lowest BCUT2D eigenvalue weighted by Gasteiger charge is -2.16. The molecule has 0 aliphatic heterocycles. The highest BCUT2D eigenvalue weighted by Gasteiger charge is 2.18. The zero-order valence-electron chi connectivity index (χ0n) is 9.91. The molecule has 0 fully saturated rings. The molecule has 0 amide bonds. The van der Waals surface area contributed by atoms with Crippen LogP contribution in [0.5, 0.6) is 0 Å². The number of hydrogen-bond donors (Lipinski definition) is 2. The average Bonchev–Trinajstić information content (AvgIpc) is 2.41. The van der Waals surface area contributed by atoms with E-state index in [9.17, 15) is 8.78 Å². The number of nitrogens with zero attached hydrogens (tertiary/aromatic N) is 1. The second-order valence-corrected chi connectivity index (χ2v) is 4.47. The summed E-state index contributed by atoms with van der Waals surface area (Å²) in [6.45, 7) is 0. The van der Waals surface area contributed by atoms with Crippen molar-refractivity contribution in [2.24, 2.45) is 5.84 Å². The van der Waals surface area contributed by atoms with E-state index in [-0.39, 0.29) is 12.1 Å². The molecule has 100 valence electrons. The monoisotopic (exact) mass is 283 g/mol. The number of pyridine rings is 1. The van der Waals surface area contributed by atoms with Crippen molar-refractivity contribution in [3.63, 3.8) is 0 Å². The van der Waals surface area contributed by atoms with Crippen LogP contribution in [0.3, 0.4) is 0 Å². The second kappa shape index (κ2) is 6.06. The summed E-state index contributed by atoms with van der Waals surface area (Å²) in [6.07, 6.45) is 1.61. The quantitative estimate of drug-likeness (QED) is 0.670. The van der Waals surface area contributed by atoms with Gasteiger partial charge in [-0.05, 0) is 42.3 Å². The molecule has 2 rings (SSSR count). The van der Waals surface area contributed by atoms with E-state index in [2.05, 4.69) is 10.4 Å². The van der Waals surface area contributed by atoms with Gasteiger partial charge in [0.05, 0.1) is 11.7 Å². The van der Waals surface area contributed by atoms with E-state index >= 15 is 0 Å². The first-order chi connectivity index (χ1) is 9.11. The summed E-state index contributed by atoms with van der Waals surface area (Å²) in [5, 5.41) is 0.411. The Balaban J connectivity index is 2.29. The number of nitrogens with one attached hydrogen (secondary N) is 1. The van der Waals surface area contributed by atoms with Gasteiger partial charge in [0, 0.05) is 11.2 Å². The first kappa shape index (κ1) is 13.9. The molecule has 19 heavy (non-hydrogen) atoms. The summed E-state index contributed by atoms with van der Waals surface area (Å²) in [7, 11) is 0. The Morgan fingerprint density at radius 2 is 2.05 bits per heavy atom. The van der Waals surface area contributed by atoms with Gasteiger partial charge in [-0.1, -0.05) is 11.6 Å².